The number of benzene rings is 9. The molecule has 0 radical (unpaired) electrons. The van der Waals surface area contributed by atoms with E-state index in [1.165, 1.54) is 5.56 Å². The van der Waals surface area contributed by atoms with E-state index < -0.39 is 47.1 Å². The van der Waals surface area contributed by atoms with Crippen LogP contribution in [0.4, 0.5) is 22.7 Å². The molecule has 1 aliphatic carbocycles. The molecule has 0 atom stereocenters. The zero-order valence-electron chi connectivity index (χ0n) is 55.1. The van der Waals surface area contributed by atoms with Crippen LogP contribution in [-0.4, -0.2) is 9.55 Å². The summed E-state index contributed by atoms with van der Waals surface area (Å²) in [6, 6.07) is 46.5. The van der Waals surface area contributed by atoms with E-state index in [0.717, 1.165) is 46.9 Å². The van der Waals surface area contributed by atoms with E-state index >= 15 is 0 Å². The van der Waals surface area contributed by atoms with Crippen LogP contribution in [0.1, 0.15) is 86.2 Å². The fourth-order valence-corrected chi connectivity index (χ4v) is 11.1. The van der Waals surface area contributed by atoms with Gasteiger partial charge in [-0.05, 0) is 140 Å². The molecule has 0 saturated heterocycles. The summed E-state index contributed by atoms with van der Waals surface area (Å²) in [6.07, 6.45) is 4.25. The minimum Gasteiger partial charge on any atom is -0.509 e. The van der Waals surface area contributed by atoms with Crippen molar-refractivity contribution >= 4 is 44.6 Å². The van der Waals surface area contributed by atoms with Crippen molar-refractivity contribution in [2.75, 3.05) is 9.80 Å². The summed E-state index contributed by atoms with van der Waals surface area (Å²) >= 11 is 0. The molecule has 0 N–H and O–H groups in total. The van der Waals surface area contributed by atoms with Crippen molar-refractivity contribution < 1.29 is 40.9 Å². The van der Waals surface area contributed by atoms with Crippen LogP contribution in [0, 0.1) is 24.7 Å². The van der Waals surface area contributed by atoms with E-state index in [1.54, 1.807) is 48.5 Å². The fourth-order valence-electron chi connectivity index (χ4n) is 11.1. The van der Waals surface area contributed by atoms with E-state index in [9.17, 15) is 11.0 Å². The molecule has 0 spiro atoms. The number of anilines is 4. The van der Waals surface area contributed by atoms with Gasteiger partial charge in [-0.25, -0.2) is 4.98 Å². The summed E-state index contributed by atoms with van der Waals surface area (Å²) in [6.45, 7) is 14.5. The SMILES string of the molecule is [2H]c1c([2H])c([2H])c(-c2c([2H])c(-c3ccccc3)c([2H])c(-c3cccc(-c4c([2H])c([2H])c5c(c4[2H])C(C)(C)CCC5(C)C)c3N3[CH-]N(c4[c-]c(Oc5[c-]c6c(cc5)c5ccccc5n6-c5cc(CC(C)C)ccn5)ccc4)c4ccccc43)c2[2H])c([2H])c1[2H].[Pt]. The number of para-hydroxylation sites is 4. The van der Waals surface area contributed by atoms with Gasteiger partial charge in [0.05, 0.1) is 15.1 Å². The standard InChI is InChI=1S/C72H61N4O.Pt/c1-48(2)39-49-35-38-73-69(40-49)76-65-28-14-13-25-61(65)62-33-32-58(46-68(62)76)77-57-24-17-23-56(45-57)74-47-75(67-30-16-15-29-66(67)74)70-59(52-31-34-63-64(44-52)72(5,6)37-36-71(63,3)4)26-18-27-60(70)55-42-53(50-19-9-7-10-20-50)41-54(43-55)51-21-11-8-12-22-51;/h7-35,38,40-44,47-48H,36-37,39H2,1-6H3;/q-3;/i7D,9D,10D,19D,20D,31D,34D,41D,42D,43D,44D;. The predicted molar refractivity (Wildman–Crippen MR) is 320 cm³/mol. The first-order valence-electron chi connectivity index (χ1n) is 31.8. The van der Waals surface area contributed by atoms with Gasteiger partial charge in [-0.2, -0.15) is 12.1 Å². The molecule has 6 heteroatoms. The zero-order valence-corrected chi connectivity index (χ0v) is 46.4. The molecule has 1 aliphatic heterocycles. The third kappa shape index (κ3) is 9.32. The minimum absolute atomic E-state index is 0. The van der Waals surface area contributed by atoms with Crippen molar-refractivity contribution in [2.45, 2.75) is 71.6 Å². The number of hydrogen-bond donors (Lipinski definition) is 0. The maximum atomic E-state index is 10.3. The Kier molecular flexibility index (Phi) is 10.3. The van der Waals surface area contributed by atoms with Gasteiger partial charge in [-0.15, -0.1) is 48.1 Å². The topological polar surface area (TPSA) is 33.5 Å². The third-order valence-electron chi connectivity index (χ3n) is 15.0. The van der Waals surface area contributed by atoms with Crippen LogP contribution in [-0.2, 0) is 38.3 Å². The third-order valence-corrected chi connectivity index (χ3v) is 15.0. The van der Waals surface area contributed by atoms with Crippen LogP contribution in [0.2, 0.25) is 0 Å². The average molecular weight is 1200 g/mol. The quantitative estimate of drug-likeness (QED) is 0.121. The normalized spacial score (nSPS) is 16.3. The number of pyridine rings is 1. The smallest absolute Gasteiger partial charge is 0.135 e. The molecule has 3 heterocycles. The van der Waals surface area contributed by atoms with E-state index in [1.807, 2.05) is 89.4 Å². The molecule has 0 saturated carbocycles. The summed E-state index contributed by atoms with van der Waals surface area (Å²) in [5, 5.41) is 2.04. The molecule has 13 rings (SSSR count). The largest absolute Gasteiger partial charge is 0.509 e. The molecule has 5 nitrogen and oxygen atoms in total. The molecule has 9 aromatic carbocycles. The fraction of sp³-hybridized carbons (Fsp3) is 0.167. The summed E-state index contributed by atoms with van der Waals surface area (Å²) in [5.74, 6) is 2.08. The molecule has 78 heavy (non-hydrogen) atoms. The van der Waals surface area contributed by atoms with Crippen LogP contribution < -0.4 is 14.5 Å². The van der Waals surface area contributed by atoms with Crippen LogP contribution in [0.15, 0.2) is 212 Å². The summed E-state index contributed by atoms with van der Waals surface area (Å²) in [4.78, 5) is 8.67. The summed E-state index contributed by atoms with van der Waals surface area (Å²) < 4.78 is 114. The molecule has 388 valence electrons. The van der Waals surface area contributed by atoms with Crippen LogP contribution in [0.25, 0.3) is 72.1 Å². The molecular weight excluding hydrogens is 1130 g/mol. The first kappa shape index (κ1) is 39.4. The molecular formula is C72H61N4OPt-3. The Morgan fingerprint density at radius 2 is 1.26 bits per heavy atom. The van der Waals surface area contributed by atoms with Crippen LogP contribution in [0.5, 0.6) is 11.5 Å². The van der Waals surface area contributed by atoms with Crippen molar-refractivity contribution in [2.24, 2.45) is 5.92 Å². The number of ether oxygens (including phenoxy) is 1. The van der Waals surface area contributed by atoms with E-state index in [0.29, 0.717) is 62.4 Å². The number of nitrogens with zero attached hydrogens (tertiary/aromatic N) is 4. The van der Waals surface area contributed by atoms with Gasteiger partial charge in [-0.3, -0.25) is 0 Å². The van der Waals surface area contributed by atoms with Gasteiger partial charge in [-0.1, -0.05) is 174 Å². The molecule has 0 unspecified atom stereocenters. The van der Waals surface area contributed by atoms with Gasteiger partial charge in [0.2, 0.25) is 0 Å². The van der Waals surface area contributed by atoms with Crippen molar-refractivity contribution in [3.63, 3.8) is 0 Å². The first-order valence-corrected chi connectivity index (χ1v) is 26.3. The number of aromatic nitrogens is 2. The number of hydrogen-bond acceptors (Lipinski definition) is 4. The Morgan fingerprint density at radius 3 is 2.04 bits per heavy atom. The molecule has 2 aliphatic rings. The Morgan fingerprint density at radius 1 is 0.590 bits per heavy atom. The van der Waals surface area contributed by atoms with Crippen LogP contribution >= 0.6 is 0 Å². The van der Waals surface area contributed by atoms with Crippen molar-refractivity contribution in [1.82, 2.24) is 9.55 Å². The number of rotatable bonds is 11. The van der Waals surface area contributed by atoms with E-state index in [4.69, 9.17) is 13.8 Å². The molecule has 0 bridgehead atoms. The molecule has 0 fully saturated rings. The second-order valence-corrected chi connectivity index (χ2v) is 21.7. The van der Waals surface area contributed by atoms with E-state index in [2.05, 4.69) is 82.5 Å². The first-order chi connectivity index (χ1) is 42.1. The van der Waals surface area contributed by atoms with Gasteiger partial charge in [0, 0.05) is 72.5 Å². The Hall–Kier alpha value is -7.98. The second-order valence-electron chi connectivity index (χ2n) is 21.7. The predicted octanol–water partition coefficient (Wildman–Crippen LogP) is 19.2. The maximum Gasteiger partial charge on any atom is 0.135 e. The van der Waals surface area contributed by atoms with Gasteiger partial charge < -0.3 is 19.1 Å². The van der Waals surface area contributed by atoms with Gasteiger partial charge >= 0.3 is 0 Å². The Labute approximate surface area is 489 Å². The second kappa shape index (κ2) is 20.4. The zero-order chi connectivity index (χ0) is 62.0. The summed E-state index contributed by atoms with van der Waals surface area (Å²) in [5.41, 5.74) is 6.05. The molecule has 2 aromatic heterocycles. The average Bonchev–Trinajstić information content (AvgIpc) is 1.86. The van der Waals surface area contributed by atoms with E-state index in [-0.39, 0.29) is 84.7 Å². The Bertz CT molecular complexity index is 4670. The Balaban J connectivity index is 0.00000769. The van der Waals surface area contributed by atoms with Gasteiger partial charge in [0.1, 0.15) is 5.82 Å². The minimum atomic E-state index is -0.639. The molecule has 0 amide bonds. The monoisotopic (exact) mass is 1200 g/mol. The molecule has 11 aromatic rings. The maximum absolute atomic E-state index is 10.3. The van der Waals surface area contributed by atoms with Crippen molar-refractivity contribution in [1.29, 1.82) is 0 Å². The summed E-state index contributed by atoms with van der Waals surface area (Å²) in [7, 11) is 0. The van der Waals surface area contributed by atoms with Gasteiger partial charge in [0.15, 0.2) is 0 Å². The van der Waals surface area contributed by atoms with Crippen LogP contribution in [0.3, 0.4) is 0 Å². The van der Waals surface area contributed by atoms with Crippen molar-refractivity contribution in [3.05, 3.63) is 248 Å². The number of fused-ring (bicyclic) bond motifs is 5. The van der Waals surface area contributed by atoms with Gasteiger partial charge in [0.25, 0.3) is 0 Å². The van der Waals surface area contributed by atoms with Crippen molar-refractivity contribution in [3.8, 4) is 61.8 Å².